The molecule has 132 valence electrons. The van der Waals surface area contributed by atoms with E-state index in [1.807, 2.05) is 49.5 Å². The summed E-state index contributed by atoms with van der Waals surface area (Å²) >= 11 is 0. The summed E-state index contributed by atoms with van der Waals surface area (Å²) in [6.45, 7) is 2.13. The molecule has 2 unspecified atom stereocenters. The van der Waals surface area contributed by atoms with Crippen molar-refractivity contribution >= 4 is 5.91 Å². The Balaban J connectivity index is 1.47. The third-order valence-electron chi connectivity index (χ3n) is 4.14. The first-order chi connectivity index (χ1) is 12.7. The Morgan fingerprint density at radius 3 is 2.69 bits per heavy atom. The summed E-state index contributed by atoms with van der Waals surface area (Å²) in [6.07, 6.45) is 4.09. The highest BCUT2D eigenvalue weighted by molar-refractivity contribution is 5.82. The number of pyridine rings is 1. The lowest BCUT2D eigenvalue weighted by Gasteiger charge is -2.31. The van der Waals surface area contributed by atoms with Crippen molar-refractivity contribution in [2.45, 2.75) is 25.7 Å². The van der Waals surface area contributed by atoms with Gasteiger partial charge in [-0.2, -0.15) is 5.10 Å². The summed E-state index contributed by atoms with van der Waals surface area (Å²) in [5, 5.41) is 7.11. The fourth-order valence-corrected chi connectivity index (χ4v) is 2.86. The summed E-state index contributed by atoms with van der Waals surface area (Å²) in [5.41, 5.74) is 0.856. The third-order valence-corrected chi connectivity index (χ3v) is 4.14. The summed E-state index contributed by atoms with van der Waals surface area (Å²) in [4.78, 5) is 17.0. The molecule has 7 nitrogen and oxygen atoms in total. The zero-order chi connectivity index (χ0) is 17.9. The standard InChI is InChI=1S/C19H18N4O3/c1-13-17(26-16-8-3-2-7-15(16)25-13)19(24)21-12-14-6-4-9-20-18(14)23-11-5-10-22-23/h2-11,13,17H,12H2,1H3,(H,21,24). The van der Waals surface area contributed by atoms with E-state index < -0.39 is 6.10 Å². The van der Waals surface area contributed by atoms with Crippen LogP contribution in [-0.4, -0.2) is 32.9 Å². The Morgan fingerprint density at radius 2 is 1.92 bits per heavy atom. The maximum absolute atomic E-state index is 12.6. The molecular weight excluding hydrogens is 332 g/mol. The molecule has 7 heteroatoms. The molecule has 0 spiro atoms. The highest BCUT2D eigenvalue weighted by Crippen LogP contribution is 2.33. The summed E-state index contributed by atoms with van der Waals surface area (Å²) in [6, 6.07) is 12.9. The van der Waals surface area contributed by atoms with Crippen LogP contribution in [0.3, 0.4) is 0 Å². The van der Waals surface area contributed by atoms with Gasteiger partial charge in [0.25, 0.3) is 5.91 Å². The van der Waals surface area contributed by atoms with E-state index >= 15 is 0 Å². The van der Waals surface area contributed by atoms with Crippen LogP contribution < -0.4 is 14.8 Å². The molecule has 1 N–H and O–H groups in total. The number of fused-ring (bicyclic) bond motifs is 1. The molecule has 1 aliphatic heterocycles. The molecule has 0 aliphatic carbocycles. The van der Waals surface area contributed by atoms with Gasteiger partial charge >= 0.3 is 0 Å². The highest BCUT2D eigenvalue weighted by atomic mass is 16.6. The van der Waals surface area contributed by atoms with Crippen LogP contribution >= 0.6 is 0 Å². The molecular formula is C19H18N4O3. The monoisotopic (exact) mass is 350 g/mol. The van der Waals surface area contributed by atoms with Gasteiger partial charge in [0.05, 0.1) is 0 Å². The first-order valence-corrected chi connectivity index (χ1v) is 8.36. The minimum atomic E-state index is -0.713. The maximum Gasteiger partial charge on any atom is 0.265 e. The van der Waals surface area contributed by atoms with Crippen LogP contribution in [-0.2, 0) is 11.3 Å². The van der Waals surface area contributed by atoms with Crippen LogP contribution in [0.15, 0.2) is 61.1 Å². The number of benzene rings is 1. The second-order valence-electron chi connectivity index (χ2n) is 5.96. The van der Waals surface area contributed by atoms with Gasteiger partial charge in [-0.3, -0.25) is 4.79 Å². The quantitative estimate of drug-likeness (QED) is 0.780. The molecule has 1 amide bonds. The number of nitrogens with one attached hydrogen (secondary N) is 1. The first-order valence-electron chi connectivity index (χ1n) is 8.36. The molecule has 1 aromatic carbocycles. The number of carbonyl (C=O) groups excluding carboxylic acids is 1. The van der Waals surface area contributed by atoms with E-state index in [2.05, 4.69) is 15.4 Å². The lowest BCUT2D eigenvalue weighted by atomic mass is 10.1. The van der Waals surface area contributed by atoms with Crippen molar-refractivity contribution in [3.05, 3.63) is 66.6 Å². The predicted molar refractivity (Wildman–Crippen MR) is 94.2 cm³/mol. The minimum absolute atomic E-state index is 0.234. The number of aromatic nitrogens is 3. The fourth-order valence-electron chi connectivity index (χ4n) is 2.86. The van der Waals surface area contributed by atoms with E-state index in [1.54, 1.807) is 23.1 Å². The van der Waals surface area contributed by atoms with Crippen LogP contribution in [0.25, 0.3) is 5.82 Å². The number of nitrogens with zero attached hydrogens (tertiary/aromatic N) is 3. The van der Waals surface area contributed by atoms with Gasteiger partial charge in [0.2, 0.25) is 6.10 Å². The molecule has 0 radical (unpaired) electrons. The molecule has 26 heavy (non-hydrogen) atoms. The molecule has 4 rings (SSSR count). The van der Waals surface area contributed by atoms with Crippen molar-refractivity contribution < 1.29 is 14.3 Å². The lowest BCUT2D eigenvalue weighted by Crippen LogP contribution is -2.48. The Hall–Kier alpha value is -3.35. The third kappa shape index (κ3) is 3.11. The van der Waals surface area contributed by atoms with E-state index in [1.165, 1.54) is 0 Å². The largest absolute Gasteiger partial charge is 0.482 e. The molecule has 0 fully saturated rings. The van der Waals surface area contributed by atoms with E-state index in [0.717, 1.165) is 5.56 Å². The number of hydrogen-bond donors (Lipinski definition) is 1. The SMILES string of the molecule is CC1Oc2ccccc2OC1C(=O)NCc1cccnc1-n1cccn1. The van der Waals surface area contributed by atoms with Crippen LogP contribution in [0.5, 0.6) is 11.5 Å². The molecule has 1 aliphatic rings. The van der Waals surface area contributed by atoms with Gasteiger partial charge in [-0.15, -0.1) is 0 Å². The Morgan fingerprint density at radius 1 is 1.12 bits per heavy atom. The number of rotatable bonds is 4. The van der Waals surface area contributed by atoms with Crippen molar-refractivity contribution in [1.82, 2.24) is 20.1 Å². The molecule has 0 saturated carbocycles. The first kappa shape index (κ1) is 16.1. The predicted octanol–water partition coefficient (Wildman–Crippen LogP) is 2.11. The number of hydrogen-bond acceptors (Lipinski definition) is 5. The van der Waals surface area contributed by atoms with Gasteiger partial charge in [-0.1, -0.05) is 18.2 Å². The second kappa shape index (κ2) is 6.87. The van der Waals surface area contributed by atoms with E-state index in [0.29, 0.717) is 23.9 Å². The Bertz CT molecular complexity index is 911. The number of carbonyl (C=O) groups is 1. The molecule has 2 aromatic heterocycles. The lowest BCUT2D eigenvalue weighted by molar-refractivity contribution is -0.133. The highest BCUT2D eigenvalue weighted by Gasteiger charge is 2.33. The Kier molecular flexibility index (Phi) is 4.27. The van der Waals surface area contributed by atoms with Crippen molar-refractivity contribution in [2.24, 2.45) is 0 Å². The van der Waals surface area contributed by atoms with E-state index in [4.69, 9.17) is 9.47 Å². The van der Waals surface area contributed by atoms with Crippen LogP contribution in [0.4, 0.5) is 0 Å². The van der Waals surface area contributed by atoms with Gasteiger partial charge < -0.3 is 14.8 Å². The van der Waals surface area contributed by atoms with Crippen molar-refractivity contribution in [3.8, 4) is 17.3 Å². The van der Waals surface area contributed by atoms with Gasteiger partial charge in [0, 0.05) is 30.7 Å². The Labute approximate surface area is 150 Å². The second-order valence-corrected chi connectivity index (χ2v) is 5.96. The zero-order valence-electron chi connectivity index (χ0n) is 14.2. The normalized spacial score (nSPS) is 18.3. The molecule has 3 heterocycles. The van der Waals surface area contributed by atoms with E-state index in [-0.39, 0.29) is 12.0 Å². The smallest absolute Gasteiger partial charge is 0.265 e. The number of ether oxygens (including phenoxy) is 2. The zero-order valence-corrected chi connectivity index (χ0v) is 14.2. The molecule has 0 bridgehead atoms. The summed E-state index contributed by atoms with van der Waals surface area (Å²) in [7, 11) is 0. The van der Waals surface area contributed by atoms with Gasteiger partial charge in [-0.25, -0.2) is 9.67 Å². The van der Waals surface area contributed by atoms with Gasteiger partial charge in [0.1, 0.15) is 6.10 Å². The summed E-state index contributed by atoms with van der Waals surface area (Å²) in [5.74, 6) is 1.67. The average molecular weight is 350 g/mol. The maximum atomic E-state index is 12.6. The average Bonchev–Trinajstić information content (AvgIpc) is 3.20. The van der Waals surface area contributed by atoms with Crippen molar-refractivity contribution in [1.29, 1.82) is 0 Å². The molecule has 2 atom stereocenters. The van der Waals surface area contributed by atoms with E-state index in [9.17, 15) is 4.79 Å². The summed E-state index contributed by atoms with van der Waals surface area (Å²) < 4.78 is 13.3. The fraction of sp³-hybridized carbons (Fsp3) is 0.211. The van der Waals surface area contributed by atoms with Crippen LogP contribution in [0, 0.1) is 0 Å². The van der Waals surface area contributed by atoms with Crippen molar-refractivity contribution in [3.63, 3.8) is 0 Å². The van der Waals surface area contributed by atoms with Crippen LogP contribution in [0.2, 0.25) is 0 Å². The molecule has 0 saturated heterocycles. The molecule has 3 aromatic rings. The van der Waals surface area contributed by atoms with Crippen LogP contribution in [0.1, 0.15) is 12.5 Å². The minimum Gasteiger partial charge on any atom is -0.482 e. The van der Waals surface area contributed by atoms with Gasteiger partial charge in [0.15, 0.2) is 17.3 Å². The number of amides is 1. The van der Waals surface area contributed by atoms with Crippen molar-refractivity contribution in [2.75, 3.05) is 0 Å². The number of para-hydroxylation sites is 2. The topological polar surface area (TPSA) is 78.3 Å². The van der Waals surface area contributed by atoms with Gasteiger partial charge in [-0.05, 0) is 31.2 Å².